The van der Waals surface area contributed by atoms with E-state index in [1.54, 1.807) is 0 Å². The van der Waals surface area contributed by atoms with Gasteiger partial charge in [-0.05, 0) is 44.2 Å². The van der Waals surface area contributed by atoms with Gasteiger partial charge in [-0.2, -0.15) is 5.26 Å². The highest BCUT2D eigenvalue weighted by atomic mass is 16.5. The lowest BCUT2D eigenvalue weighted by Gasteiger charge is -2.34. The van der Waals surface area contributed by atoms with Crippen molar-refractivity contribution in [2.24, 2.45) is 5.41 Å². The second-order valence-corrected chi connectivity index (χ2v) is 6.90. The number of rotatable bonds is 2. The molecule has 2 aliphatic rings. The van der Waals surface area contributed by atoms with E-state index in [1.807, 2.05) is 11.0 Å². The lowest BCUT2D eigenvalue weighted by molar-refractivity contribution is -0.144. The number of nitriles is 1. The molecule has 0 aliphatic carbocycles. The molecule has 0 spiro atoms. The minimum Gasteiger partial charge on any atom is -0.381 e. The third kappa shape index (κ3) is 2.86. The number of nitrogens with zero attached hydrogens (tertiary/aromatic N) is 2. The van der Waals surface area contributed by atoms with Gasteiger partial charge in [0.25, 0.3) is 0 Å². The maximum Gasteiger partial charge on any atom is 0.243 e. The van der Waals surface area contributed by atoms with Crippen LogP contribution in [-0.4, -0.2) is 36.6 Å². The van der Waals surface area contributed by atoms with Crippen LogP contribution in [0.5, 0.6) is 0 Å². The summed E-state index contributed by atoms with van der Waals surface area (Å²) in [6.07, 6.45) is 2.00. The number of likely N-dealkylation sites (tertiary alicyclic amines) is 1. The van der Waals surface area contributed by atoms with Crippen LogP contribution in [0.1, 0.15) is 43.2 Å². The second-order valence-electron chi connectivity index (χ2n) is 6.90. The van der Waals surface area contributed by atoms with Gasteiger partial charge in [-0.3, -0.25) is 4.79 Å². The first-order valence-electron chi connectivity index (χ1n) is 8.43. The van der Waals surface area contributed by atoms with Gasteiger partial charge in [-0.1, -0.05) is 24.3 Å². The summed E-state index contributed by atoms with van der Waals surface area (Å²) in [7, 11) is 0. The number of aryl methyl sites for hydroxylation is 1. The Bertz CT molecular complexity index is 629. The highest BCUT2D eigenvalue weighted by molar-refractivity contribution is 5.86. The minimum absolute atomic E-state index is 0.00637. The van der Waals surface area contributed by atoms with Gasteiger partial charge in [0.15, 0.2) is 0 Å². The van der Waals surface area contributed by atoms with Crippen LogP contribution in [0.4, 0.5) is 0 Å². The smallest absolute Gasteiger partial charge is 0.243 e. The van der Waals surface area contributed by atoms with Gasteiger partial charge in [0, 0.05) is 31.7 Å². The summed E-state index contributed by atoms with van der Waals surface area (Å²) in [5.41, 5.74) is 1.72. The predicted octanol–water partition coefficient (Wildman–Crippen LogP) is 3.02. The van der Waals surface area contributed by atoms with Crippen LogP contribution in [0.3, 0.4) is 0 Å². The summed E-state index contributed by atoms with van der Waals surface area (Å²) < 4.78 is 5.35. The molecule has 2 heterocycles. The Kier molecular flexibility index (Phi) is 4.41. The number of benzene rings is 1. The van der Waals surface area contributed by atoms with E-state index in [0.29, 0.717) is 32.0 Å². The number of carbonyl (C=O) groups excluding carboxylic acids is 1. The molecule has 2 saturated heterocycles. The molecule has 4 nitrogen and oxygen atoms in total. The average molecular weight is 312 g/mol. The normalized spacial score (nSPS) is 26.7. The van der Waals surface area contributed by atoms with Crippen molar-refractivity contribution >= 4 is 5.91 Å². The van der Waals surface area contributed by atoms with E-state index in [4.69, 9.17) is 4.74 Å². The average Bonchev–Trinajstić information content (AvgIpc) is 2.96. The van der Waals surface area contributed by atoms with Crippen LogP contribution in [0.15, 0.2) is 24.3 Å². The SMILES string of the molecule is Cc1ccccc1[C@H]1C[C@@H](C)N(C(=O)C2(C#N)CCOCC2)C1. The second kappa shape index (κ2) is 6.33. The lowest BCUT2D eigenvalue weighted by Crippen LogP contribution is -2.47. The summed E-state index contributed by atoms with van der Waals surface area (Å²) >= 11 is 0. The summed E-state index contributed by atoms with van der Waals surface area (Å²) in [4.78, 5) is 15.0. The monoisotopic (exact) mass is 312 g/mol. The number of ether oxygens (including phenoxy) is 1. The van der Waals surface area contributed by atoms with Gasteiger partial charge < -0.3 is 9.64 Å². The van der Waals surface area contributed by atoms with Gasteiger partial charge >= 0.3 is 0 Å². The molecule has 4 heteroatoms. The van der Waals surface area contributed by atoms with Crippen LogP contribution < -0.4 is 0 Å². The number of carbonyl (C=O) groups is 1. The fraction of sp³-hybridized carbons (Fsp3) is 0.579. The molecule has 0 aromatic heterocycles. The third-order valence-corrected chi connectivity index (χ3v) is 5.43. The van der Waals surface area contributed by atoms with E-state index in [1.165, 1.54) is 11.1 Å². The standard InChI is InChI=1S/C19H24N2O2/c1-14-5-3-4-6-17(14)16-11-15(2)21(12-16)18(22)19(13-20)7-9-23-10-8-19/h3-6,15-16H,7-12H2,1-2H3/t15-,16+/m1/s1. The molecule has 1 amide bonds. The van der Waals surface area contributed by atoms with Crippen molar-refractivity contribution < 1.29 is 9.53 Å². The van der Waals surface area contributed by atoms with Crippen LogP contribution >= 0.6 is 0 Å². The third-order valence-electron chi connectivity index (χ3n) is 5.43. The topological polar surface area (TPSA) is 53.3 Å². The molecule has 0 bridgehead atoms. The fourth-order valence-corrected chi connectivity index (χ4v) is 3.95. The number of hydrogen-bond acceptors (Lipinski definition) is 3. The molecule has 0 unspecified atom stereocenters. The molecule has 1 aromatic rings. The molecule has 2 fully saturated rings. The van der Waals surface area contributed by atoms with Crippen LogP contribution in [0.2, 0.25) is 0 Å². The van der Waals surface area contributed by atoms with Crippen molar-refractivity contribution in [1.29, 1.82) is 5.26 Å². The summed E-state index contributed by atoms with van der Waals surface area (Å²) in [6.45, 7) is 5.95. The molecule has 122 valence electrons. The Hall–Kier alpha value is -1.86. The number of hydrogen-bond donors (Lipinski definition) is 0. The molecule has 0 saturated carbocycles. The van der Waals surface area contributed by atoms with Gasteiger partial charge in [0.05, 0.1) is 6.07 Å². The molecule has 1 aromatic carbocycles. The van der Waals surface area contributed by atoms with Crippen molar-refractivity contribution in [3.8, 4) is 6.07 Å². The molecular formula is C19H24N2O2. The van der Waals surface area contributed by atoms with Crippen molar-refractivity contribution in [3.05, 3.63) is 35.4 Å². The summed E-state index contributed by atoms with van der Waals surface area (Å²) in [5, 5.41) is 9.63. The van der Waals surface area contributed by atoms with Crippen molar-refractivity contribution in [1.82, 2.24) is 4.90 Å². The molecular weight excluding hydrogens is 288 g/mol. The Morgan fingerprint density at radius 2 is 2.04 bits per heavy atom. The highest BCUT2D eigenvalue weighted by Crippen LogP contribution is 2.38. The first-order chi connectivity index (χ1) is 11.1. The Balaban J connectivity index is 1.80. The van der Waals surface area contributed by atoms with Crippen LogP contribution in [-0.2, 0) is 9.53 Å². The van der Waals surface area contributed by atoms with E-state index in [-0.39, 0.29) is 11.9 Å². The van der Waals surface area contributed by atoms with E-state index in [2.05, 4.69) is 38.1 Å². The molecule has 23 heavy (non-hydrogen) atoms. The zero-order valence-corrected chi connectivity index (χ0v) is 13.9. The van der Waals surface area contributed by atoms with E-state index in [9.17, 15) is 10.1 Å². The van der Waals surface area contributed by atoms with E-state index < -0.39 is 5.41 Å². The molecule has 3 rings (SSSR count). The zero-order chi connectivity index (χ0) is 16.4. The summed E-state index contributed by atoms with van der Waals surface area (Å²) in [6, 6.07) is 10.9. The summed E-state index contributed by atoms with van der Waals surface area (Å²) in [5.74, 6) is 0.373. The van der Waals surface area contributed by atoms with Crippen molar-refractivity contribution in [2.75, 3.05) is 19.8 Å². The Morgan fingerprint density at radius 3 is 2.70 bits per heavy atom. The lowest BCUT2D eigenvalue weighted by atomic mass is 9.80. The van der Waals surface area contributed by atoms with Gasteiger partial charge in [0.1, 0.15) is 5.41 Å². The van der Waals surface area contributed by atoms with Gasteiger partial charge in [-0.15, -0.1) is 0 Å². The molecule has 0 N–H and O–H groups in total. The van der Waals surface area contributed by atoms with E-state index in [0.717, 1.165) is 13.0 Å². The first kappa shape index (κ1) is 16.0. The predicted molar refractivity (Wildman–Crippen MR) is 87.8 cm³/mol. The Morgan fingerprint density at radius 1 is 1.35 bits per heavy atom. The first-order valence-corrected chi connectivity index (χ1v) is 8.43. The van der Waals surface area contributed by atoms with Crippen LogP contribution in [0.25, 0.3) is 0 Å². The molecule has 2 atom stereocenters. The van der Waals surface area contributed by atoms with Crippen LogP contribution in [0, 0.1) is 23.7 Å². The molecule has 2 aliphatic heterocycles. The quantitative estimate of drug-likeness (QED) is 0.843. The van der Waals surface area contributed by atoms with Crippen molar-refractivity contribution in [2.45, 2.75) is 45.1 Å². The highest BCUT2D eigenvalue weighted by Gasteiger charge is 2.46. The number of amides is 1. The Labute approximate surface area is 138 Å². The molecule has 0 radical (unpaired) electrons. The van der Waals surface area contributed by atoms with E-state index >= 15 is 0 Å². The minimum atomic E-state index is -0.882. The van der Waals surface area contributed by atoms with Gasteiger partial charge in [0.2, 0.25) is 5.91 Å². The maximum absolute atomic E-state index is 13.1. The van der Waals surface area contributed by atoms with Gasteiger partial charge in [-0.25, -0.2) is 0 Å². The van der Waals surface area contributed by atoms with Crippen molar-refractivity contribution in [3.63, 3.8) is 0 Å². The maximum atomic E-state index is 13.1. The zero-order valence-electron chi connectivity index (χ0n) is 13.9. The largest absolute Gasteiger partial charge is 0.381 e. The fourth-order valence-electron chi connectivity index (χ4n) is 3.95.